The standard InChI is InChI=1S/C25H29ClN6O/c1-5-7-10-32(6-2)25-29-15-21(24(31-25)33-4)22-9-8-17(16(3)30-22)11-18-13-27-23-20(18)12-19(26)14-28-23/h8-9,12-15H,5-7,10-11H2,1-4H3,(H,27,28). The van der Waals surface area contributed by atoms with E-state index in [4.69, 9.17) is 21.3 Å². The Morgan fingerprint density at radius 2 is 1.94 bits per heavy atom. The molecule has 1 N–H and O–H groups in total. The van der Waals surface area contributed by atoms with E-state index in [1.807, 2.05) is 31.5 Å². The molecule has 4 rings (SSSR count). The average molecular weight is 465 g/mol. The summed E-state index contributed by atoms with van der Waals surface area (Å²) in [5.74, 6) is 1.22. The molecule has 0 saturated carbocycles. The van der Waals surface area contributed by atoms with E-state index in [1.54, 1.807) is 13.3 Å². The van der Waals surface area contributed by atoms with Gasteiger partial charge in [0.2, 0.25) is 11.8 Å². The molecule has 0 amide bonds. The number of halogens is 1. The van der Waals surface area contributed by atoms with Gasteiger partial charge in [-0.15, -0.1) is 0 Å². The Bertz CT molecular complexity index is 1260. The second kappa shape index (κ2) is 10.2. The van der Waals surface area contributed by atoms with Gasteiger partial charge in [-0.3, -0.25) is 4.98 Å². The Morgan fingerprint density at radius 1 is 1.09 bits per heavy atom. The number of aromatic amines is 1. The van der Waals surface area contributed by atoms with Crippen molar-refractivity contribution in [1.29, 1.82) is 0 Å². The van der Waals surface area contributed by atoms with Gasteiger partial charge in [-0.05, 0) is 43.5 Å². The average Bonchev–Trinajstić information content (AvgIpc) is 3.22. The highest BCUT2D eigenvalue weighted by atomic mass is 35.5. The number of pyridine rings is 2. The van der Waals surface area contributed by atoms with E-state index < -0.39 is 0 Å². The number of hydrogen-bond donors (Lipinski definition) is 1. The summed E-state index contributed by atoms with van der Waals surface area (Å²) in [6.45, 7) is 8.09. The Labute approximate surface area is 199 Å². The van der Waals surface area contributed by atoms with Crippen LogP contribution in [0.1, 0.15) is 43.5 Å². The molecule has 0 atom stereocenters. The van der Waals surface area contributed by atoms with Crippen molar-refractivity contribution in [2.45, 2.75) is 40.0 Å². The zero-order valence-corrected chi connectivity index (χ0v) is 20.3. The Hall–Kier alpha value is -3.19. The van der Waals surface area contributed by atoms with Crippen molar-refractivity contribution in [2.24, 2.45) is 0 Å². The van der Waals surface area contributed by atoms with E-state index in [0.717, 1.165) is 71.5 Å². The van der Waals surface area contributed by atoms with Gasteiger partial charge in [0, 0.05) is 49.2 Å². The summed E-state index contributed by atoms with van der Waals surface area (Å²) in [6, 6.07) is 6.04. The fourth-order valence-corrected chi connectivity index (χ4v) is 4.06. The number of aryl methyl sites for hydroxylation is 1. The molecule has 8 heteroatoms. The summed E-state index contributed by atoms with van der Waals surface area (Å²) in [5.41, 5.74) is 5.62. The zero-order chi connectivity index (χ0) is 23.4. The quantitative estimate of drug-likeness (QED) is 0.347. The number of anilines is 1. The number of methoxy groups -OCH3 is 1. The van der Waals surface area contributed by atoms with Crippen LogP contribution in [0.3, 0.4) is 0 Å². The van der Waals surface area contributed by atoms with E-state index in [0.29, 0.717) is 16.9 Å². The second-order valence-corrected chi connectivity index (χ2v) is 8.44. The number of nitrogens with one attached hydrogen (secondary N) is 1. The van der Waals surface area contributed by atoms with E-state index in [1.165, 1.54) is 0 Å². The number of nitrogens with zero attached hydrogens (tertiary/aromatic N) is 5. The van der Waals surface area contributed by atoms with Gasteiger partial charge in [-0.25, -0.2) is 9.97 Å². The maximum atomic E-state index is 6.15. The van der Waals surface area contributed by atoms with Crippen LogP contribution in [0.15, 0.2) is 36.8 Å². The van der Waals surface area contributed by atoms with Crippen LogP contribution < -0.4 is 9.64 Å². The molecule has 0 spiro atoms. The molecule has 4 heterocycles. The van der Waals surface area contributed by atoms with Crippen molar-refractivity contribution in [3.8, 4) is 17.1 Å². The first-order valence-electron chi connectivity index (χ1n) is 11.3. The van der Waals surface area contributed by atoms with Gasteiger partial charge in [0.15, 0.2) is 0 Å². The molecule has 0 aliphatic rings. The Kier molecular flexibility index (Phi) is 7.08. The fraction of sp³-hybridized carbons (Fsp3) is 0.360. The lowest BCUT2D eigenvalue weighted by molar-refractivity contribution is 0.398. The summed E-state index contributed by atoms with van der Waals surface area (Å²) in [5, 5.41) is 1.65. The lowest BCUT2D eigenvalue weighted by Crippen LogP contribution is -2.26. The maximum absolute atomic E-state index is 6.15. The lowest BCUT2D eigenvalue weighted by atomic mass is 10.0. The topological polar surface area (TPSA) is 79.8 Å². The van der Waals surface area contributed by atoms with Crippen molar-refractivity contribution >= 4 is 28.6 Å². The zero-order valence-electron chi connectivity index (χ0n) is 19.5. The summed E-state index contributed by atoms with van der Waals surface area (Å²) in [4.78, 5) is 23.9. The molecule has 0 aliphatic carbocycles. The van der Waals surface area contributed by atoms with Crippen molar-refractivity contribution in [2.75, 3.05) is 25.1 Å². The number of H-pyrrole nitrogens is 1. The molecule has 0 radical (unpaired) electrons. The van der Waals surface area contributed by atoms with Crippen LogP contribution in [-0.2, 0) is 6.42 Å². The second-order valence-electron chi connectivity index (χ2n) is 8.01. The number of ether oxygens (including phenoxy) is 1. The van der Waals surface area contributed by atoms with Crippen LogP contribution in [0.25, 0.3) is 22.3 Å². The number of fused-ring (bicyclic) bond motifs is 1. The van der Waals surface area contributed by atoms with E-state index in [9.17, 15) is 0 Å². The van der Waals surface area contributed by atoms with Gasteiger partial charge in [-0.1, -0.05) is 31.0 Å². The highest BCUT2D eigenvalue weighted by Crippen LogP contribution is 2.30. The van der Waals surface area contributed by atoms with Crippen LogP contribution in [0, 0.1) is 6.92 Å². The van der Waals surface area contributed by atoms with Crippen LogP contribution in [0.4, 0.5) is 5.95 Å². The summed E-state index contributed by atoms with van der Waals surface area (Å²) in [7, 11) is 1.63. The number of unbranched alkanes of at least 4 members (excludes halogenated alkanes) is 1. The highest BCUT2D eigenvalue weighted by molar-refractivity contribution is 6.31. The third-order valence-corrected chi connectivity index (χ3v) is 6.02. The van der Waals surface area contributed by atoms with E-state index >= 15 is 0 Å². The predicted molar refractivity (Wildman–Crippen MR) is 133 cm³/mol. The van der Waals surface area contributed by atoms with E-state index in [2.05, 4.69) is 44.7 Å². The van der Waals surface area contributed by atoms with Crippen molar-refractivity contribution in [3.05, 3.63) is 58.6 Å². The SMILES string of the molecule is CCCCN(CC)c1ncc(-c2ccc(Cc3c[nH]c4ncc(Cl)cc34)c(C)n2)c(OC)n1. The molecule has 0 aliphatic heterocycles. The van der Waals surface area contributed by atoms with E-state index in [-0.39, 0.29) is 0 Å². The maximum Gasteiger partial charge on any atom is 0.228 e. The molecular weight excluding hydrogens is 436 g/mol. The minimum atomic E-state index is 0.534. The van der Waals surface area contributed by atoms with Crippen LogP contribution in [-0.4, -0.2) is 45.1 Å². The minimum absolute atomic E-state index is 0.534. The summed E-state index contributed by atoms with van der Waals surface area (Å²) >= 11 is 6.15. The molecule has 4 aromatic heterocycles. The van der Waals surface area contributed by atoms with Crippen LogP contribution >= 0.6 is 11.6 Å². The number of rotatable bonds is 9. The molecule has 0 fully saturated rings. The first-order valence-corrected chi connectivity index (χ1v) is 11.7. The van der Waals surface area contributed by atoms with Gasteiger partial charge >= 0.3 is 0 Å². The first kappa shape index (κ1) is 23.0. The molecule has 0 unspecified atom stereocenters. The number of hydrogen-bond acceptors (Lipinski definition) is 6. The molecule has 0 aromatic carbocycles. The monoisotopic (exact) mass is 464 g/mol. The smallest absolute Gasteiger partial charge is 0.228 e. The molecule has 7 nitrogen and oxygen atoms in total. The molecule has 33 heavy (non-hydrogen) atoms. The summed E-state index contributed by atoms with van der Waals surface area (Å²) in [6.07, 6.45) is 8.40. The Morgan fingerprint density at radius 3 is 2.67 bits per heavy atom. The van der Waals surface area contributed by atoms with Crippen molar-refractivity contribution < 1.29 is 4.74 Å². The molecule has 0 bridgehead atoms. The molecule has 0 saturated heterocycles. The largest absolute Gasteiger partial charge is 0.480 e. The van der Waals surface area contributed by atoms with Crippen molar-refractivity contribution in [1.82, 2.24) is 24.9 Å². The minimum Gasteiger partial charge on any atom is -0.480 e. The highest BCUT2D eigenvalue weighted by Gasteiger charge is 2.16. The molecule has 172 valence electrons. The molecule has 4 aromatic rings. The van der Waals surface area contributed by atoms with Gasteiger partial charge in [0.05, 0.1) is 23.4 Å². The first-order chi connectivity index (χ1) is 16.0. The normalized spacial score (nSPS) is 11.2. The van der Waals surface area contributed by atoms with Crippen LogP contribution in [0.5, 0.6) is 5.88 Å². The predicted octanol–water partition coefficient (Wildman–Crippen LogP) is 5.60. The number of aromatic nitrogens is 5. The third-order valence-electron chi connectivity index (χ3n) is 5.82. The van der Waals surface area contributed by atoms with Gasteiger partial charge in [0.25, 0.3) is 0 Å². The van der Waals surface area contributed by atoms with Crippen molar-refractivity contribution in [3.63, 3.8) is 0 Å². The summed E-state index contributed by atoms with van der Waals surface area (Å²) < 4.78 is 5.61. The fourth-order valence-electron chi connectivity index (χ4n) is 3.90. The van der Waals surface area contributed by atoms with Gasteiger partial charge in [-0.2, -0.15) is 4.98 Å². The lowest BCUT2D eigenvalue weighted by Gasteiger charge is -2.21. The van der Waals surface area contributed by atoms with Gasteiger partial charge in [0.1, 0.15) is 5.65 Å². The third kappa shape index (κ3) is 4.93. The van der Waals surface area contributed by atoms with Gasteiger partial charge < -0.3 is 14.6 Å². The van der Waals surface area contributed by atoms with Crippen LogP contribution in [0.2, 0.25) is 5.02 Å². The molecular formula is C25H29ClN6O. The Balaban J connectivity index is 1.61.